The topological polar surface area (TPSA) is 146 Å². The summed E-state index contributed by atoms with van der Waals surface area (Å²) >= 11 is 0. The van der Waals surface area contributed by atoms with E-state index in [1.807, 2.05) is 30.3 Å². The van der Waals surface area contributed by atoms with Gasteiger partial charge in [-0.25, -0.2) is 14.4 Å². The maximum absolute atomic E-state index is 12.4. The number of benzene rings is 1. The maximum Gasteiger partial charge on any atom is 0.407 e. The molecule has 0 unspecified atom stereocenters. The number of nitrogens with zero attached hydrogens (tertiary/aromatic N) is 1. The molecule has 0 radical (unpaired) electrons. The first-order valence-electron chi connectivity index (χ1n) is 12.4. The Morgan fingerprint density at radius 2 is 1.51 bits per heavy atom. The van der Waals surface area contributed by atoms with Crippen LogP contribution in [0.1, 0.15) is 66.4 Å². The molecule has 0 spiro atoms. The summed E-state index contributed by atoms with van der Waals surface area (Å²) in [5, 5.41) is 17.6. The molecule has 0 aliphatic rings. The van der Waals surface area contributed by atoms with Crippen LogP contribution in [0, 0.1) is 0 Å². The van der Waals surface area contributed by atoms with Gasteiger partial charge in [-0.3, -0.25) is 4.79 Å². The minimum Gasteiger partial charge on any atom is -0.465 e. The molecule has 4 N–H and O–H groups in total. The van der Waals surface area contributed by atoms with E-state index in [0.29, 0.717) is 19.4 Å². The van der Waals surface area contributed by atoms with Gasteiger partial charge in [0.1, 0.15) is 11.2 Å². The van der Waals surface area contributed by atoms with Crippen LogP contribution in [0.3, 0.4) is 0 Å². The third-order valence-electron chi connectivity index (χ3n) is 4.76. The predicted molar refractivity (Wildman–Crippen MR) is 139 cm³/mol. The number of amides is 4. The summed E-state index contributed by atoms with van der Waals surface area (Å²) in [6.45, 7) is 11.2. The van der Waals surface area contributed by atoms with Crippen LogP contribution in [0.25, 0.3) is 0 Å². The Morgan fingerprint density at radius 1 is 0.919 bits per heavy atom. The van der Waals surface area contributed by atoms with Crippen LogP contribution in [-0.4, -0.2) is 71.1 Å². The van der Waals surface area contributed by atoms with E-state index in [2.05, 4.69) is 16.0 Å². The van der Waals surface area contributed by atoms with Gasteiger partial charge in [0, 0.05) is 38.6 Å². The van der Waals surface area contributed by atoms with E-state index in [1.54, 1.807) is 41.5 Å². The fourth-order valence-corrected chi connectivity index (χ4v) is 3.16. The Balaban J connectivity index is 2.59. The lowest BCUT2D eigenvalue weighted by Crippen LogP contribution is -2.46. The Kier molecular flexibility index (Phi) is 12.7. The molecule has 1 rings (SSSR count). The summed E-state index contributed by atoms with van der Waals surface area (Å²) in [4.78, 5) is 49.3. The number of alkyl carbamates (subject to hydrolysis) is 2. The molecular formula is C26H42N4O7. The molecule has 37 heavy (non-hydrogen) atoms. The highest BCUT2D eigenvalue weighted by molar-refractivity contribution is 5.77. The number of nitrogens with one attached hydrogen (secondary N) is 3. The number of carboxylic acid groups (broad SMARTS) is 1. The Hall–Kier alpha value is -3.50. The molecule has 1 aromatic rings. The van der Waals surface area contributed by atoms with Gasteiger partial charge in [0.05, 0.1) is 0 Å². The van der Waals surface area contributed by atoms with Crippen molar-refractivity contribution in [2.75, 3.05) is 19.6 Å². The lowest BCUT2D eigenvalue weighted by Gasteiger charge is -2.24. The van der Waals surface area contributed by atoms with Gasteiger partial charge in [0.2, 0.25) is 5.91 Å². The van der Waals surface area contributed by atoms with Gasteiger partial charge in [0.25, 0.3) is 0 Å². The van der Waals surface area contributed by atoms with Gasteiger partial charge >= 0.3 is 18.3 Å². The second-order valence-electron chi connectivity index (χ2n) is 10.7. The minimum absolute atomic E-state index is 0.0278. The molecule has 0 aliphatic heterocycles. The van der Waals surface area contributed by atoms with Crippen LogP contribution in [0.5, 0.6) is 0 Å². The average Bonchev–Trinajstić information content (AvgIpc) is 2.75. The summed E-state index contributed by atoms with van der Waals surface area (Å²) in [7, 11) is 0. The summed E-state index contributed by atoms with van der Waals surface area (Å²) in [6.07, 6.45) is -1.33. The maximum atomic E-state index is 12.4. The Bertz CT molecular complexity index is 879. The van der Waals surface area contributed by atoms with Crippen molar-refractivity contribution >= 4 is 24.2 Å². The van der Waals surface area contributed by atoms with Crippen molar-refractivity contribution in [3.63, 3.8) is 0 Å². The van der Waals surface area contributed by atoms with Gasteiger partial charge in [-0.05, 0) is 59.9 Å². The lowest BCUT2D eigenvalue weighted by molar-refractivity contribution is -0.121. The summed E-state index contributed by atoms with van der Waals surface area (Å²) in [6, 6.07) is 8.67. The first-order valence-corrected chi connectivity index (χ1v) is 12.4. The molecule has 4 amide bonds. The SMILES string of the molecule is CC(C)(C)OC(=O)NCCC[C@@H](CNC(=O)CCN(Cc1ccccc1)C(=O)O)NC(=O)OC(C)(C)C. The average molecular weight is 523 g/mol. The van der Waals surface area contributed by atoms with E-state index in [-0.39, 0.29) is 32.0 Å². The molecule has 1 aromatic carbocycles. The molecule has 11 nitrogen and oxygen atoms in total. The number of carbonyl (C=O) groups excluding carboxylic acids is 3. The molecule has 11 heteroatoms. The van der Waals surface area contributed by atoms with Gasteiger partial charge in [-0.1, -0.05) is 30.3 Å². The largest absolute Gasteiger partial charge is 0.465 e. The van der Waals surface area contributed by atoms with Crippen LogP contribution < -0.4 is 16.0 Å². The van der Waals surface area contributed by atoms with E-state index >= 15 is 0 Å². The molecule has 1 atom stereocenters. The van der Waals surface area contributed by atoms with E-state index < -0.39 is 35.5 Å². The zero-order valence-electron chi connectivity index (χ0n) is 22.8. The van der Waals surface area contributed by atoms with E-state index in [9.17, 15) is 24.3 Å². The van der Waals surface area contributed by atoms with Crippen molar-refractivity contribution in [2.45, 2.75) is 84.6 Å². The predicted octanol–water partition coefficient (Wildman–Crippen LogP) is 3.87. The highest BCUT2D eigenvalue weighted by atomic mass is 16.6. The molecule has 0 saturated heterocycles. The number of ether oxygens (including phenoxy) is 2. The van der Waals surface area contributed by atoms with Gasteiger partial charge in [0.15, 0.2) is 0 Å². The van der Waals surface area contributed by atoms with E-state index in [4.69, 9.17) is 9.47 Å². The second kappa shape index (κ2) is 14.9. The third-order valence-corrected chi connectivity index (χ3v) is 4.76. The number of carbonyl (C=O) groups is 4. The molecule has 0 bridgehead atoms. The van der Waals surface area contributed by atoms with Crippen molar-refractivity contribution in [2.24, 2.45) is 0 Å². The Morgan fingerprint density at radius 3 is 2.08 bits per heavy atom. The monoisotopic (exact) mass is 522 g/mol. The van der Waals surface area contributed by atoms with Crippen LogP contribution in [0.2, 0.25) is 0 Å². The Labute approximate surface area is 219 Å². The number of hydrogen-bond donors (Lipinski definition) is 4. The van der Waals surface area contributed by atoms with Crippen LogP contribution in [-0.2, 0) is 20.8 Å². The van der Waals surface area contributed by atoms with Gasteiger partial charge in [-0.15, -0.1) is 0 Å². The minimum atomic E-state index is -1.11. The first-order chi connectivity index (χ1) is 17.1. The molecular weight excluding hydrogens is 480 g/mol. The van der Waals surface area contributed by atoms with Crippen molar-refractivity contribution in [1.29, 1.82) is 0 Å². The molecule has 0 saturated carbocycles. The lowest BCUT2D eigenvalue weighted by atomic mass is 10.1. The standard InChI is InChI=1S/C26H42N4O7/c1-25(2,3)36-22(32)27-15-10-13-20(29-23(33)37-26(4,5)6)17-28-21(31)14-16-30(24(34)35)18-19-11-8-7-9-12-19/h7-9,11-12,20H,10,13-18H2,1-6H3,(H,27,32)(H,28,31)(H,29,33)(H,34,35)/t20-/m0/s1. The summed E-state index contributed by atoms with van der Waals surface area (Å²) in [5.41, 5.74) is -0.464. The molecule has 0 fully saturated rings. The fraction of sp³-hybridized carbons (Fsp3) is 0.615. The molecule has 208 valence electrons. The summed E-state index contributed by atoms with van der Waals surface area (Å²) in [5.74, 6) is -0.345. The molecule has 0 aliphatic carbocycles. The molecule has 0 heterocycles. The van der Waals surface area contributed by atoms with Gasteiger partial charge < -0.3 is 35.4 Å². The normalized spacial score (nSPS) is 12.2. The van der Waals surface area contributed by atoms with E-state index in [1.165, 1.54) is 4.90 Å². The second-order valence-corrected chi connectivity index (χ2v) is 10.7. The van der Waals surface area contributed by atoms with Crippen molar-refractivity contribution in [1.82, 2.24) is 20.9 Å². The van der Waals surface area contributed by atoms with Gasteiger partial charge in [-0.2, -0.15) is 0 Å². The van der Waals surface area contributed by atoms with Crippen LogP contribution in [0.15, 0.2) is 30.3 Å². The molecule has 0 aromatic heterocycles. The fourth-order valence-electron chi connectivity index (χ4n) is 3.16. The highest BCUT2D eigenvalue weighted by Crippen LogP contribution is 2.09. The van der Waals surface area contributed by atoms with Crippen LogP contribution in [0.4, 0.5) is 14.4 Å². The van der Waals surface area contributed by atoms with Crippen molar-refractivity contribution in [3.05, 3.63) is 35.9 Å². The van der Waals surface area contributed by atoms with E-state index in [0.717, 1.165) is 5.56 Å². The first kappa shape index (κ1) is 31.5. The number of hydrogen-bond acceptors (Lipinski definition) is 6. The van der Waals surface area contributed by atoms with Crippen molar-refractivity contribution < 1.29 is 33.8 Å². The zero-order chi connectivity index (χ0) is 28.1. The highest BCUT2D eigenvalue weighted by Gasteiger charge is 2.21. The number of rotatable bonds is 12. The zero-order valence-corrected chi connectivity index (χ0v) is 22.8. The smallest absolute Gasteiger partial charge is 0.407 e. The quantitative estimate of drug-likeness (QED) is 0.305. The van der Waals surface area contributed by atoms with Crippen molar-refractivity contribution in [3.8, 4) is 0 Å². The van der Waals surface area contributed by atoms with Crippen LogP contribution >= 0.6 is 0 Å². The summed E-state index contributed by atoms with van der Waals surface area (Å²) < 4.78 is 10.5. The third kappa shape index (κ3) is 16.0.